The molecular formula is C25H27NO4S. The molecule has 0 N–H and O–H groups in total. The molecule has 0 amide bonds. The highest BCUT2D eigenvalue weighted by atomic mass is 32.2. The highest BCUT2D eigenvalue weighted by Gasteiger charge is 2.29. The summed E-state index contributed by atoms with van der Waals surface area (Å²) in [7, 11) is -3.51. The van der Waals surface area contributed by atoms with Gasteiger partial charge in [0.15, 0.2) is 0 Å². The maximum Gasteiger partial charge on any atom is 0.243 e. The van der Waals surface area contributed by atoms with Gasteiger partial charge in [-0.2, -0.15) is 4.31 Å². The first-order chi connectivity index (χ1) is 15.1. The molecule has 0 radical (unpaired) electrons. The number of rotatable bonds is 8. The van der Waals surface area contributed by atoms with Gasteiger partial charge in [0.2, 0.25) is 10.0 Å². The van der Waals surface area contributed by atoms with E-state index in [2.05, 4.69) is 0 Å². The van der Waals surface area contributed by atoms with E-state index in [1.165, 1.54) is 0 Å². The SMILES string of the molecule is O=S(=O)(c1ccc(OCc2ccccc2)cc1)N1CCC(OCc2ccccc2)CC1. The molecule has 1 heterocycles. The van der Waals surface area contributed by atoms with Gasteiger partial charge in [0.1, 0.15) is 12.4 Å². The highest BCUT2D eigenvalue weighted by Crippen LogP contribution is 2.24. The zero-order valence-corrected chi connectivity index (χ0v) is 18.2. The molecule has 3 aromatic rings. The van der Waals surface area contributed by atoms with E-state index in [-0.39, 0.29) is 6.10 Å². The second kappa shape index (κ2) is 10.1. The number of hydrogen-bond donors (Lipinski definition) is 0. The lowest BCUT2D eigenvalue weighted by atomic mass is 10.1. The fourth-order valence-corrected chi connectivity index (χ4v) is 5.09. The molecule has 162 valence electrons. The topological polar surface area (TPSA) is 55.8 Å². The van der Waals surface area contributed by atoms with E-state index in [9.17, 15) is 8.42 Å². The summed E-state index contributed by atoms with van der Waals surface area (Å²) in [6.45, 7) is 1.94. The molecule has 4 rings (SSSR count). The molecule has 31 heavy (non-hydrogen) atoms. The van der Waals surface area contributed by atoms with Crippen LogP contribution in [-0.2, 0) is 28.0 Å². The Kier molecular flexibility index (Phi) is 7.02. The predicted molar refractivity (Wildman–Crippen MR) is 120 cm³/mol. The molecule has 6 heteroatoms. The van der Waals surface area contributed by atoms with Gasteiger partial charge in [0, 0.05) is 13.1 Å². The Bertz CT molecular complexity index is 1050. The van der Waals surface area contributed by atoms with Crippen LogP contribution in [0.5, 0.6) is 5.75 Å². The summed E-state index contributed by atoms with van der Waals surface area (Å²) in [6, 6.07) is 26.6. The van der Waals surface area contributed by atoms with Crippen LogP contribution in [0.15, 0.2) is 89.8 Å². The van der Waals surface area contributed by atoms with Gasteiger partial charge in [0.25, 0.3) is 0 Å². The molecule has 0 saturated carbocycles. The molecule has 1 aliphatic rings. The minimum atomic E-state index is -3.51. The highest BCUT2D eigenvalue weighted by molar-refractivity contribution is 7.89. The Balaban J connectivity index is 1.29. The average Bonchev–Trinajstić information content (AvgIpc) is 2.83. The van der Waals surface area contributed by atoms with Gasteiger partial charge in [-0.1, -0.05) is 60.7 Å². The average molecular weight is 438 g/mol. The van der Waals surface area contributed by atoms with E-state index in [0.717, 1.165) is 11.1 Å². The Morgan fingerprint density at radius 3 is 1.87 bits per heavy atom. The van der Waals surface area contributed by atoms with Crippen molar-refractivity contribution in [2.45, 2.75) is 37.1 Å². The Labute approximate surface area is 184 Å². The Hall–Kier alpha value is -2.67. The minimum Gasteiger partial charge on any atom is -0.489 e. The lowest BCUT2D eigenvalue weighted by molar-refractivity contribution is 0.0102. The van der Waals surface area contributed by atoms with E-state index in [0.29, 0.717) is 49.8 Å². The van der Waals surface area contributed by atoms with Crippen molar-refractivity contribution in [3.05, 3.63) is 96.1 Å². The van der Waals surface area contributed by atoms with Gasteiger partial charge >= 0.3 is 0 Å². The minimum absolute atomic E-state index is 0.0837. The van der Waals surface area contributed by atoms with Crippen molar-refractivity contribution in [1.82, 2.24) is 4.31 Å². The number of hydrogen-bond acceptors (Lipinski definition) is 4. The number of nitrogens with zero attached hydrogens (tertiary/aromatic N) is 1. The van der Waals surface area contributed by atoms with Crippen LogP contribution >= 0.6 is 0 Å². The molecule has 1 aliphatic heterocycles. The summed E-state index contributed by atoms with van der Waals surface area (Å²) in [4.78, 5) is 0.295. The standard InChI is InChI=1S/C25H27NO4S/c27-31(28,25-13-11-23(12-14-25)29-19-21-7-3-1-4-8-21)26-17-15-24(16-18-26)30-20-22-9-5-2-6-10-22/h1-14,24H,15-20H2. The first kappa shape index (κ1) is 21.6. The van der Waals surface area contributed by atoms with Crippen LogP contribution in [0.2, 0.25) is 0 Å². The molecule has 3 aromatic carbocycles. The van der Waals surface area contributed by atoms with Gasteiger partial charge in [-0.25, -0.2) is 8.42 Å². The van der Waals surface area contributed by atoms with E-state index < -0.39 is 10.0 Å². The smallest absolute Gasteiger partial charge is 0.243 e. The number of benzene rings is 3. The molecule has 0 bridgehead atoms. The maximum atomic E-state index is 13.0. The molecule has 1 saturated heterocycles. The van der Waals surface area contributed by atoms with Gasteiger partial charge in [0.05, 0.1) is 17.6 Å². The molecule has 0 aromatic heterocycles. The number of piperidine rings is 1. The lowest BCUT2D eigenvalue weighted by Gasteiger charge is -2.31. The molecule has 0 spiro atoms. The second-order valence-electron chi connectivity index (χ2n) is 7.65. The fourth-order valence-electron chi connectivity index (χ4n) is 3.63. The van der Waals surface area contributed by atoms with Crippen LogP contribution in [0, 0.1) is 0 Å². The van der Waals surface area contributed by atoms with Crippen LogP contribution in [-0.4, -0.2) is 31.9 Å². The summed E-state index contributed by atoms with van der Waals surface area (Å²) in [5, 5.41) is 0. The summed E-state index contributed by atoms with van der Waals surface area (Å²) in [5.74, 6) is 0.649. The van der Waals surface area contributed by atoms with Crippen molar-refractivity contribution >= 4 is 10.0 Å². The summed E-state index contributed by atoms with van der Waals surface area (Å²) in [5.41, 5.74) is 2.20. The van der Waals surface area contributed by atoms with Crippen molar-refractivity contribution in [1.29, 1.82) is 0 Å². The normalized spacial score (nSPS) is 15.6. The number of ether oxygens (including phenoxy) is 2. The van der Waals surface area contributed by atoms with E-state index in [1.807, 2.05) is 60.7 Å². The molecule has 0 atom stereocenters. The van der Waals surface area contributed by atoms with Crippen LogP contribution in [0.1, 0.15) is 24.0 Å². The molecule has 0 aliphatic carbocycles. The first-order valence-electron chi connectivity index (χ1n) is 10.5. The zero-order chi connectivity index (χ0) is 21.5. The van der Waals surface area contributed by atoms with Crippen LogP contribution in [0.3, 0.4) is 0 Å². The van der Waals surface area contributed by atoms with Crippen LogP contribution in [0.4, 0.5) is 0 Å². The maximum absolute atomic E-state index is 13.0. The predicted octanol–water partition coefficient (Wildman–Crippen LogP) is 4.64. The third-order valence-corrected chi connectivity index (χ3v) is 7.35. The Morgan fingerprint density at radius 2 is 1.29 bits per heavy atom. The molecule has 5 nitrogen and oxygen atoms in total. The van der Waals surface area contributed by atoms with Crippen molar-refractivity contribution in [3.63, 3.8) is 0 Å². The molecule has 1 fully saturated rings. The fraction of sp³-hybridized carbons (Fsp3) is 0.280. The summed E-state index contributed by atoms with van der Waals surface area (Å²) >= 11 is 0. The largest absolute Gasteiger partial charge is 0.489 e. The second-order valence-corrected chi connectivity index (χ2v) is 9.58. The van der Waals surface area contributed by atoms with Crippen molar-refractivity contribution in [2.24, 2.45) is 0 Å². The van der Waals surface area contributed by atoms with Crippen molar-refractivity contribution in [3.8, 4) is 5.75 Å². The van der Waals surface area contributed by atoms with E-state index in [1.54, 1.807) is 28.6 Å². The van der Waals surface area contributed by atoms with E-state index >= 15 is 0 Å². The van der Waals surface area contributed by atoms with Gasteiger partial charge in [-0.3, -0.25) is 0 Å². The monoisotopic (exact) mass is 437 g/mol. The zero-order valence-electron chi connectivity index (χ0n) is 17.4. The summed E-state index contributed by atoms with van der Waals surface area (Å²) in [6.07, 6.45) is 1.48. The first-order valence-corrected chi connectivity index (χ1v) is 12.0. The van der Waals surface area contributed by atoms with Crippen molar-refractivity contribution in [2.75, 3.05) is 13.1 Å². The third kappa shape index (κ3) is 5.73. The number of sulfonamides is 1. The summed E-state index contributed by atoms with van der Waals surface area (Å²) < 4.78 is 39.3. The Morgan fingerprint density at radius 1 is 0.742 bits per heavy atom. The van der Waals surface area contributed by atoms with Crippen molar-refractivity contribution < 1.29 is 17.9 Å². The lowest BCUT2D eigenvalue weighted by Crippen LogP contribution is -2.40. The van der Waals surface area contributed by atoms with Gasteiger partial charge in [-0.15, -0.1) is 0 Å². The molecule has 0 unspecified atom stereocenters. The molecular weight excluding hydrogens is 410 g/mol. The third-order valence-electron chi connectivity index (χ3n) is 5.44. The van der Waals surface area contributed by atoms with Gasteiger partial charge < -0.3 is 9.47 Å². The van der Waals surface area contributed by atoms with Gasteiger partial charge in [-0.05, 0) is 48.2 Å². The van der Waals surface area contributed by atoms with Crippen LogP contribution < -0.4 is 4.74 Å². The van der Waals surface area contributed by atoms with Crippen LogP contribution in [0.25, 0.3) is 0 Å². The quantitative estimate of drug-likeness (QED) is 0.515. The van der Waals surface area contributed by atoms with E-state index in [4.69, 9.17) is 9.47 Å².